The third-order valence-electron chi connectivity index (χ3n) is 3.64. The Hall–Kier alpha value is -2.01. The summed E-state index contributed by atoms with van der Waals surface area (Å²) in [5.41, 5.74) is 3.34. The largest absolute Gasteiger partial charge is 0.356 e. The van der Waals surface area contributed by atoms with E-state index in [2.05, 4.69) is 51.1 Å². The molecular formula is C19H26N4S. The molecule has 0 saturated heterocycles. The molecule has 0 aliphatic heterocycles. The highest BCUT2D eigenvalue weighted by molar-refractivity contribution is 7.98. The normalized spacial score (nSPS) is 11.3. The molecule has 2 rings (SSSR count). The van der Waals surface area contributed by atoms with Crippen molar-refractivity contribution in [2.24, 2.45) is 4.99 Å². The molecule has 0 amide bonds. The number of hydrogen-bond donors (Lipinski definition) is 2. The fraction of sp³-hybridized carbons (Fsp3) is 0.368. The highest BCUT2D eigenvalue weighted by Crippen LogP contribution is 2.17. The van der Waals surface area contributed by atoms with Crippen LogP contribution in [0.2, 0.25) is 0 Å². The molecule has 2 N–H and O–H groups in total. The summed E-state index contributed by atoms with van der Waals surface area (Å²) in [5, 5.41) is 6.73. The van der Waals surface area contributed by atoms with Gasteiger partial charge in [-0.25, -0.2) is 0 Å². The summed E-state index contributed by atoms with van der Waals surface area (Å²) in [7, 11) is 1.81. The Morgan fingerprint density at radius 3 is 2.79 bits per heavy atom. The average molecular weight is 343 g/mol. The highest BCUT2D eigenvalue weighted by atomic mass is 32.2. The number of unbranched alkanes of at least 4 members (excludes halogenated alkanes) is 1. The first-order chi connectivity index (χ1) is 11.8. The average Bonchev–Trinajstić information content (AvgIpc) is 2.65. The van der Waals surface area contributed by atoms with Gasteiger partial charge in [-0.1, -0.05) is 24.3 Å². The number of hydrogen-bond acceptors (Lipinski definition) is 3. The first kappa shape index (κ1) is 18.3. The molecule has 4 nitrogen and oxygen atoms in total. The van der Waals surface area contributed by atoms with E-state index in [-0.39, 0.29) is 0 Å². The maximum Gasteiger partial charge on any atom is 0.191 e. The quantitative estimate of drug-likeness (QED) is 0.437. The fourth-order valence-corrected chi connectivity index (χ4v) is 2.85. The van der Waals surface area contributed by atoms with Crippen molar-refractivity contribution in [1.29, 1.82) is 0 Å². The van der Waals surface area contributed by atoms with Gasteiger partial charge >= 0.3 is 0 Å². The molecule has 128 valence electrons. The summed E-state index contributed by atoms with van der Waals surface area (Å²) in [6.07, 6.45) is 6.37. The number of rotatable bonds is 8. The molecule has 0 atom stereocenters. The van der Waals surface area contributed by atoms with E-state index < -0.39 is 0 Å². The Morgan fingerprint density at radius 2 is 2.04 bits per heavy atom. The zero-order valence-electron chi connectivity index (χ0n) is 14.5. The molecule has 0 spiro atoms. The van der Waals surface area contributed by atoms with E-state index in [9.17, 15) is 0 Å². The van der Waals surface area contributed by atoms with Gasteiger partial charge < -0.3 is 10.6 Å². The summed E-state index contributed by atoms with van der Waals surface area (Å²) in [6, 6.07) is 14.4. The summed E-state index contributed by atoms with van der Waals surface area (Å²) >= 11 is 1.89. The number of aromatic nitrogens is 1. The van der Waals surface area contributed by atoms with Crippen molar-refractivity contribution in [3.05, 3.63) is 54.2 Å². The van der Waals surface area contributed by atoms with Crippen LogP contribution in [0.4, 0.5) is 0 Å². The van der Waals surface area contributed by atoms with Crippen LogP contribution in [-0.2, 0) is 6.54 Å². The monoisotopic (exact) mass is 342 g/mol. The summed E-state index contributed by atoms with van der Waals surface area (Å²) < 4.78 is 0. The van der Waals surface area contributed by atoms with Crippen molar-refractivity contribution in [2.45, 2.75) is 19.4 Å². The van der Waals surface area contributed by atoms with Crippen LogP contribution in [0.25, 0.3) is 11.3 Å². The molecule has 0 aliphatic rings. The Bertz CT molecular complexity index is 628. The Kier molecular flexibility index (Phi) is 8.18. The molecule has 1 heterocycles. The second-order valence-electron chi connectivity index (χ2n) is 5.47. The number of thioether (sulfide) groups is 1. The van der Waals surface area contributed by atoms with Crippen molar-refractivity contribution in [3.8, 4) is 11.3 Å². The second-order valence-corrected chi connectivity index (χ2v) is 6.45. The molecule has 0 aliphatic carbocycles. The molecule has 1 aromatic carbocycles. The van der Waals surface area contributed by atoms with Crippen molar-refractivity contribution < 1.29 is 0 Å². The lowest BCUT2D eigenvalue weighted by Gasteiger charge is -2.12. The SMILES string of the molecule is CN=C(NCCCCSC)NCc1cccc(-c2ccccn2)c1. The van der Waals surface area contributed by atoms with E-state index in [1.165, 1.54) is 17.7 Å². The molecule has 1 aromatic heterocycles. The van der Waals surface area contributed by atoms with Gasteiger partial charge in [-0.2, -0.15) is 11.8 Å². The van der Waals surface area contributed by atoms with Crippen LogP contribution in [-0.4, -0.2) is 36.5 Å². The van der Waals surface area contributed by atoms with E-state index >= 15 is 0 Å². The molecule has 24 heavy (non-hydrogen) atoms. The Morgan fingerprint density at radius 1 is 1.12 bits per heavy atom. The van der Waals surface area contributed by atoms with E-state index in [0.717, 1.165) is 36.7 Å². The van der Waals surface area contributed by atoms with Gasteiger partial charge in [0, 0.05) is 31.9 Å². The lowest BCUT2D eigenvalue weighted by Crippen LogP contribution is -2.37. The van der Waals surface area contributed by atoms with E-state index in [1.807, 2.05) is 43.2 Å². The maximum atomic E-state index is 4.41. The lowest BCUT2D eigenvalue weighted by atomic mass is 10.1. The van der Waals surface area contributed by atoms with Gasteiger partial charge in [-0.3, -0.25) is 9.98 Å². The van der Waals surface area contributed by atoms with Gasteiger partial charge in [0.15, 0.2) is 5.96 Å². The summed E-state index contributed by atoms with van der Waals surface area (Å²) in [4.78, 5) is 8.69. The minimum absolute atomic E-state index is 0.741. The zero-order chi connectivity index (χ0) is 17.0. The van der Waals surface area contributed by atoms with Gasteiger partial charge in [0.25, 0.3) is 0 Å². The molecule has 0 bridgehead atoms. The number of benzene rings is 1. The van der Waals surface area contributed by atoms with Gasteiger partial charge in [0.2, 0.25) is 0 Å². The van der Waals surface area contributed by atoms with Crippen LogP contribution in [0.15, 0.2) is 53.7 Å². The van der Waals surface area contributed by atoms with Crippen molar-refractivity contribution in [1.82, 2.24) is 15.6 Å². The Labute approximate surface area is 149 Å². The highest BCUT2D eigenvalue weighted by Gasteiger charge is 2.02. The smallest absolute Gasteiger partial charge is 0.191 e. The van der Waals surface area contributed by atoms with Gasteiger partial charge in [-0.05, 0) is 48.6 Å². The third-order valence-corrected chi connectivity index (χ3v) is 4.34. The Balaban J connectivity index is 1.85. The summed E-state index contributed by atoms with van der Waals surface area (Å²) in [6.45, 7) is 1.69. The number of pyridine rings is 1. The van der Waals surface area contributed by atoms with Crippen LogP contribution < -0.4 is 10.6 Å². The molecule has 5 heteroatoms. The van der Waals surface area contributed by atoms with Crippen LogP contribution in [0.3, 0.4) is 0 Å². The van der Waals surface area contributed by atoms with Crippen molar-refractivity contribution >= 4 is 17.7 Å². The van der Waals surface area contributed by atoms with Crippen LogP contribution >= 0.6 is 11.8 Å². The molecule has 0 unspecified atom stereocenters. The second kappa shape index (κ2) is 10.7. The van der Waals surface area contributed by atoms with Gasteiger partial charge in [-0.15, -0.1) is 0 Å². The zero-order valence-corrected chi connectivity index (χ0v) is 15.3. The first-order valence-corrected chi connectivity index (χ1v) is 9.66. The standard InChI is InChI=1S/C19H26N4S/c1-20-19(22-12-5-6-13-24-2)23-15-16-8-7-9-17(14-16)18-10-3-4-11-21-18/h3-4,7-11,14H,5-6,12-13,15H2,1-2H3,(H2,20,22,23). The van der Waals surface area contributed by atoms with Crippen molar-refractivity contribution in [3.63, 3.8) is 0 Å². The van der Waals surface area contributed by atoms with Crippen LogP contribution in [0.1, 0.15) is 18.4 Å². The van der Waals surface area contributed by atoms with E-state index in [1.54, 1.807) is 0 Å². The molecule has 0 radical (unpaired) electrons. The topological polar surface area (TPSA) is 49.3 Å². The third kappa shape index (κ3) is 6.24. The van der Waals surface area contributed by atoms with Crippen molar-refractivity contribution in [2.75, 3.05) is 25.6 Å². The molecule has 0 fully saturated rings. The van der Waals surface area contributed by atoms with Gasteiger partial charge in [0.05, 0.1) is 5.69 Å². The first-order valence-electron chi connectivity index (χ1n) is 8.27. The minimum Gasteiger partial charge on any atom is -0.356 e. The van der Waals surface area contributed by atoms with E-state index in [4.69, 9.17) is 0 Å². The predicted octanol–water partition coefficient (Wildman–Crippen LogP) is 3.56. The number of guanidine groups is 1. The number of nitrogens with one attached hydrogen (secondary N) is 2. The minimum atomic E-state index is 0.741. The van der Waals surface area contributed by atoms with Crippen LogP contribution in [0.5, 0.6) is 0 Å². The predicted molar refractivity (Wildman–Crippen MR) is 105 cm³/mol. The maximum absolute atomic E-state index is 4.41. The number of aliphatic imine (C=N–C) groups is 1. The summed E-state index contributed by atoms with van der Waals surface area (Å²) in [5.74, 6) is 2.07. The van der Waals surface area contributed by atoms with E-state index in [0.29, 0.717) is 0 Å². The molecule has 0 saturated carbocycles. The fourth-order valence-electron chi connectivity index (χ4n) is 2.36. The number of nitrogens with zero attached hydrogens (tertiary/aromatic N) is 2. The molecule has 2 aromatic rings. The van der Waals surface area contributed by atoms with Gasteiger partial charge in [0.1, 0.15) is 0 Å². The lowest BCUT2D eigenvalue weighted by molar-refractivity contribution is 0.733. The van der Waals surface area contributed by atoms with Crippen LogP contribution in [0, 0.1) is 0 Å². The molecular weight excluding hydrogens is 316 g/mol.